The molecule has 1 aliphatic heterocycles. The highest BCUT2D eigenvalue weighted by molar-refractivity contribution is 4.79. The molecule has 0 radical (unpaired) electrons. The number of hydrogen-bond acceptors (Lipinski definition) is 3. The molecule has 1 heterocycles. The average Bonchev–Trinajstić information content (AvgIpc) is 2.10. The van der Waals surface area contributed by atoms with Crippen LogP contribution in [0.2, 0.25) is 0 Å². The fourth-order valence-electron chi connectivity index (χ4n) is 1.25. The fraction of sp³-hybridized carbons (Fsp3) is 1.00. The lowest BCUT2D eigenvalue weighted by molar-refractivity contribution is -0.158. The summed E-state index contributed by atoms with van der Waals surface area (Å²) < 4.78 is 27.6. The summed E-state index contributed by atoms with van der Waals surface area (Å²) in [4.78, 5) is 0. The number of hydrazine groups is 1. The molecule has 0 aromatic carbocycles. The third kappa shape index (κ3) is 2.36. The second kappa shape index (κ2) is 3.42. The smallest absolute Gasteiger partial charge is 0.318 e. The SMILES string of the molecule is C[C@@H]1C[C@H](OC(F)F)CN1N. The van der Waals surface area contributed by atoms with Gasteiger partial charge in [0.15, 0.2) is 0 Å². The second-order valence-electron chi connectivity index (χ2n) is 2.80. The molecule has 0 aromatic rings. The summed E-state index contributed by atoms with van der Waals surface area (Å²) in [5.74, 6) is 5.45. The van der Waals surface area contributed by atoms with Gasteiger partial charge in [0.2, 0.25) is 0 Å². The minimum Gasteiger partial charge on any atom is -0.318 e. The summed E-state index contributed by atoms with van der Waals surface area (Å²) in [7, 11) is 0. The Bertz CT molecular complexity index is 121. The summed E-state index contributed by atoms with van der Waals surface area (Å²) in [6.45, 7) is -0.404. The Morgan fingerprint density at radius 3 is 2.64 bits per heavy atom. The predicted octanol–water partition coefficient (Wildman–Crippen LogP) is 0.562. The highest BCUT2D eigenvalue weighted by Crippen LogP contribution is 2.18. The molecule has 2 N–H and O–H groups in total. The number of alkyl halides is 2. The Balaban J connectivity index is 2.29. The highest BCUT2D eigenvalue weighted by atomic mass is 19.3. The molecule has 0 saturated carbocycles. The van der Waals surface area contributed by atoms with Gasteiger partial charge in [-0.25, -0.2) is 5.01 Å². The Morgan fingerprint density at radius 2 is 2.27 bits per heavy atom. The molecule has 1 fully saturated rings. The van der Waals surface area contributed by atoms with E-state index in [-0.39, 0.29) is 6.04 Å². The van der Waals surface area contributed by atoms with E-state index in [1.165, 1.54) is 5.01 Å². The van der Waals surface area contributed by atoms with Crippen LogP contribution in [0.5, 0.6) is 0 Å². The van der Waals surface area contributed by atoms with Gasteiger partial charge >= 0.3 is 6.61 Å². The van der Waals surface area contributed by atoms with Crippen LogP contribution in [-0.2, 0) is 4.74 Å². The van der Waals surface area contributed by atoms with Crippen molar-refractivity contribution in [1.29, 1.82) is 0 Å². The standard InChI is InChI=1S/C6H12F2N2O/c1-4-2-5(3-10(4)9)11-6(7)8/h4-6H,2-3,9H2,1H3/t4-,5+/m1/s1. The van der Waals surface area contributed by atoms with Crippen LogP contribution in [0, 0.1) is 0 Å². The molecule has 66 valence electrons. The van der Waals surface area contributed by atoms with Crippen molar-refractivity contribution in [2.45, 2.75) is 32.1 Å². The van der Waals surface area contributed by atoms with Gasteiger partial charge in [-0.1, -0.05) is 0 Å². The van der Waals surface area contributed by atoms with Crippen LogP contribution in [0.1, 0.15) is 13.3 Å². The first-order valence-corrected chi connectivity index (χ1v) is 3.54. The van der Waals surface area contributed by atoms with E-state index in [9.17, 15) is 8.78 Å². The first-order valence-electron chi connectivity index (χ1n) is 3.54. The van der Waals surface area contributed by atoms with E-state index in [0.717, 1.165) is 0 Å². The fourth-order valence-corrected chi connectivity index (χ4v) is 1.25. The zero-order valence-corrected chi connectivity index (χ0v) is 6.34. The van der Waals surface area contributed by atoms with Gasteiger partial charge < -0.3 is 4.74 Å². The Hall–Kier alpha value is -0.260. The lowest BCUT2D eigenvalue weighted by atomic mass is 10.2. The zero-order valence-electron chi connectivity index (χ0n) is 6.34. The molecule has 0 aromatic heterocycles. The van der Waals surface area contributed by atoms with E-state index in [2.05, 4.69) is 4.74 Å². The number of halogens is 2. The van der Waals surface area contributed by atoms with Crippen molar-refractivity contribution in [2.75, 3.05) is 6.54 Å². The van der Waals surface area contributed by atoms with E-state index in [0.29, 0.717) is 13.0 Å². The van der Waals surface area contributed by atoms with Crippen LogP contribution in [0.3, 0.4) is 0 Å². The van der Waals surface area contributed by atoms with Crippen molar-refractivity contribution in [1.82, 2.24) is 5.01 Å². The summed E-state index contributed by atoms with van der Waals surface area (Å²) >= 11 is 0. The van der Waals surface area contributed by atoms with E-state index in [4.69, 9.17) is 5.84 Å². The van der Waals surface area contributed by atoms with Crippen LogP contribution >= 0.6 is 0 Å². The van der Waals surface area contributed by atoms with Crippen molar-refractivity contribution in [2.24, 2.45) is 5.84 Å². The number of ether oxygens (including phenoxy) is 1. The van der Waals surface area contributed by atoms with Gasteiger partial charge in [-0.15, -0.1) is 0 Å². The molecule has 0 unspecified atom stereocenters. The Morgan fingerprint density at radius 1 is 1.64 bits per heavy atom. The molecule has 0 aliphatic carbocycles. The summed E-state index contributed by atoms with van der Waals surface area (Å²) in [5.41, 5.74) is 0. The molecule has 2 atom stereocenters. The Kier molecular flexibility index (Phi) is 2.75. The van der Waals surface area contributed by atoms with Gasteiger partial charge in [0, 0.05) is 12.6 Å². The third-order valence-corrected chi connectivity index (χ3v) is 1.88. The normalized spacial score (nSPS) is 33.5. The first-order chi connectivity index (χ1) is 5.09. The van der Waals surface area contributed by atoms with Crippen LogP contribution < -0.4 is 5.84 Å². The number of nitrogens with zero attached hydrogens (tertiary/aromatic N) is 1. The lowest BCUT2D eigenvalue weighted by Crippen LogP contribution is -2.34. The summed E-state index contributed by atoms with van der Waals surface area (Å²) in [5, 5.41) is 1.52. The minimum atomic E-state index is -2.68. The molecular weight excluding hydrogens is 154 g/mol. The number of rotatable bonds is 2. The van der Waals surface area contributed by atoms with Gasteiger partial charge in [-0.3, -0.25) is 5.84 Å². The minimum absolute atomic E-state index is 0.138. The summed E-state index contributed by atoms with van der Waals surface area (Å²) in [6, 6.07) is 0.138. The second-order valence-corrected chi connectivity index (χ2v) is 2.80. The van der Waals surface area contributed by atoms with Crippen molar-refractivity contribution >= 4 is 0 Å². The van der Waals surface area contributed by atoms with E-state index in [1.807, 2.05) is 6.92 Å². The monoisotopic (exact) mass is 166 g/mol. The van der Waals surface area contributed by atoms with Crippen molar-refractivity contribution in [3.63, 3.8) is 0 Å². The zero-order chi connectivity index (χ0) is 8.43. The van der Waals surface area contributed by atoms with Crippen LogP contribution in [0.25, 0.3) is 0 Å². The quantitative estimate of drug-likeness (QED) is 0.609. The van der Waals surface area contributed by atoms with Crippen LogP contribution in [0.4, 0.5) is 8.78 Å². The maximum atomic E-state index is 11.7. The lowest BCUT2D eigenvalue weighted by Gasteiger charge is -2.12. The van der Waals surface area contributed by atoms with Gasteiger partial charge in [0.05, 0.1) is 6.10 Å². The topological polar surface area (TPSA) is 38.5 Å². The van der Waals surface area contributed by atoms with Gasteiger partial charge in [-0.05, 0) is 13.3 Å². The van der Waals surface area contributed by atoms with Crippen LogP contribution in [-0.4, -0.2) is 30.3 Å². The molecule has 3 nitrogen and oxygen atoms in total. The molecule has 0 amide bonds. The number of nitrogens with two attached hydrogens (primary N) is 1. The van der Waals surface area contributed by atoms with E-state index >= 15 is 0 Å². The largest absolute Gasteiger partial charge is 0.345 e. The molecule has 11 heavy (non-hydrogen) atoms. The van der Waals surface area contributed by atoms with Gasteiger partial charge in [0.1, 0.15) is 0 Å². The van der Waals surface area contributed by atoms with Crippen LogP contribution in [0.15, 0.2) is 0 Å². The molecule has 0 spiro atoms. The average molecular weight is 166 g/mol. The maximum absolute atomic E-state index is 11.7. The highest BCUT2D eigenvalue weighted by Gasteiger charge is 2.29. The maximum Gasteiger partial charge on any atom is 0.345 e. The molecule has 0 bridgehead atoms. The summed E-state index contributed by atoms with van der Waals surface area (Å²) in [6.07, 6.45) is 0.177. The van der Waals surface area contributed by atoms with Crippen molar-refractivity contribution < 1.29 is 13.5 Å². The molecule has 1 saturated heterocycles. The van der Waals surface area contributed by atoms with E-state index < -0.39 is 12.7 Å². The third-order valence-electron chi connectivity index (χ3n) is 1.88. The molecule has 1 rings (SSSR count). The van der Waals surface area contributed by atoms with Crippen molar-refractivity contribution in [3.05, 3.63) is 0 Å². The predicted molar refractivity (Wildman–Crippen MR) is 35.8 cm³/mol. The van der Waals surface area contributed by atoms with E-state index in [1.54, 1.807) is 0 Å². The Labute approximate surface area is 64.1 Å². The van der Waals surface area contributed by atoms with Gasteiger partial charge in [-0.2, -0.15) is 8.78 Å². The van der Waals surface area contributed by atoms with Crippen molar-refractivity contribution in [3.8, 4) is 0 Å². The molecule has 5 heteroatoms. The first kappa shape index (κ1) is 8.83. The molecular formula is C6H12F2N2O. The van der Waals surface area contributed by atoms with Gasteiger partial charge in [0.25, 0.3) is 0 Å². The number of hydrogen-bond donors (Lipinski definition) is 1. The molecule has 1 aliphatic rings.